The van der Waals surface area contributed by atoms with Gasteiger partial charge in [0, 0.05) is 57.9 Å². The summed E-state index contributed by atoms with van der Waals surface area (Å²) in [4.78, 5) is 7.67. The second kappa shape index (κ2) is 13.4. The second-order valence-electron chi connectivity index (χ2n) is 12.6. The van der Waals surface area contributed by atoms with Gasteiger partial charge in [-0.3, -0.25) is 0 Å². The normalized spacial score (nSPS) is 12.0. The van der Waals surface area contributed by atoms with Gasteiger partial charge in [0.15, 0.2) is 11.6 Å². The van der Waals surface area contributed by atoms with Crippen molar-refractivity contribution in [2.24, 2.45) is 5.41 Å². The number of aromatic nitrogens is 4. The molecule has 0 bridgehead atoms. The number of fused-ring (bicyclic) bond motifs is 1. The number of halogens is 3. The number of rotatable bonds is 10. The SMILES string of the molecule is COc1ccc(CN(c2ncns2)S(=O)(=O)c2cc(F)c(Oc3ccc(Cl)cc3-c3ccc4ncc(CC(C)(C)C)n4c3)cc2F)c(C)c1. The number of ether oxygens (including phenoxy) is 2. The predicted molar refractivity (Wildman–Crippen MR) is 186 cm³/mol. The van der Waals surface area contributed by atoms with E-state index in [1.807, 2.05) is 28.9 Å². The molecule has 0 saturated heterocycles. The molecule has 0 fully saturated rings. The number of imidazole rings is 1. The van der Waals surface area contributed by atoms with Crippen molar-refractivity contribution in [1.29, 1.82) is 0 Å². The van der Waals surface area contributed by atoms with Crippen LogP contribution in [0.4, 0.5) is 13.9 Å². The molecule has 0 saturated carbocycles. The molecule has 0 amide bonds. The van der Waals surface area contributed by atoms with E-state index in [-0.39, 0.29) is 22.8 Å². The number of hydrogen-bond acceptors (Lipinski definition) is 8. The number of benzene rings is 3. The molecular weight excluding hydrogens is 692 g/mol. The zero-order valence-electron chi connectivity index (χ0n) is 27.2. The summed E-state index contributed by atoms with van der Waals surface area (Å²) in [5.41, 5.74) is 4.32. The molecule has 3 aromatic carbocycles. The Morgan fingerprint density at radius 1 is 0.980 bits per heavy atom. The monoisotopic (exact) mass is 723 g/mol. The lowest BCUT2D eigenvalue weighted by Crippen LogP contribution is -2.31. The van der Waals surface area contributed by atoms with Crippen LogP contribution >= 0.6 is 23.1 Å². The fraction of sp³-hybridized carbons (Fsp3) is 0.229. The number of pyridine rings is 1. The number of methoxy groups -OCH3 is 1. The molecule has 6 rings (SSSR count). The molecule has 0 radical (unpaired) electrons. The van der Waals surface area contributed by atoms with Gasteiger partial charge in [-0.05, 0) is 72.4 Å². The van der Waals surface area contributed by atoms with E-state index in [9.17, 15) is 8.42 Å². The van der Waals surface area contributed by atoms with Gasteiger partial charge in [-0.15, -0.1) is 0 Å². The molecule has 0 aliphatic rings. The molecule has 14 heteroatoms. The quantitative estimate of drug-likeness (QED) is 0.139. The maximum absolute atomic E-state index is 15.8. The van der Waals surface area contributed by atoms with Crippen molar-refractivity contribution in [3.05, 3.63) is 113 Å². The maximum Gasteiger partial charge on any atom is 0.269 e. The molecule has 254 valence electrons. The van der Waals surface area contributed by atoms with Gasteiger partial charge in [0.25, 0.3) is 10.0 Å². The van der Waals surface area contributed by atoms with Crippen molar-refractivity contribution in [3.63, 3.8) is 0 Å². The third kappa shape index (κ3) is 7.24. The highest BCUT2D eigenvalue weighted by atomic mass is 35.5. The summed E-state index contributed by atoms with van der Waals surface area (Å²) >= 11 is 7.18. The molecule has 49 heavy (non-hydrogen) atoms. The first-order chi connectivity index (χ1) is 23.2. The molecule has 0 aliphatic carbocycles. The zero-order valence-corrected chi connectivity index (χ0v) is 29.6. The van der Waals surface area contributed by atoms with Crippen LogP contribution in [0.1, 0.15) is 37.6 Å². The first-order valence-corrected chi connectivity index (χ1v) is 17.7. The van der Waals surface area contributed by atoms with E-state index in [1.54, 1.807) is 43.3 Å². The van der Waals surface area contributed by atoms with Crippen LogP contribution in [0.3, 0.4) is 0 Å². The third-order valence-electron chi connectivity index (χ3n) is 7.75. The summed E-state index contributed by atoms with van der Waals surface area (Å²) in [6.07, 6.45) is 5.68. The van der Waals surface area contributed by atoms with Crippen LogP contribution in [0, 0.1) is 24.0 Å². The average Bonchev–Trinajstić information content (AvgIpc) is 3.72. The Morgan fingerprint density at radius 2 is 1.78 bits per heavy atom. The Morgan fingerprint density at radius 3 is 2.47 bits per heavy atom. The lowest BCUT2D eigenvalue weighted by Gasteiger charge is -2.23. The van der Waals surface area contributed by atoms with E-state index >= 15 is 8.78 Å². The van der Waals surface area contributed by atoms with E-state index < -0.39 is 32.3 Å². The van der Waals surface area contributed by atoms with Crippen molar-refractivity contribution in [1.82, 2.24) is 18.7 Å². The molecule has 0 atom stereocenters. The van der Waals surface area contributed by atoms with Crippen LogP contribution in [0.5, 0.6) is 17.2 Å². The highest BCUT2D eigenvalue weighted by Crippen LogP contribution is 2.39. The van der Waals surface area contributed by atoms with Crippen LogP contribution < -0.4 is 13.8 Å². The number of anilines is 1. The topological polar surface area (TPSA) is 98.9 Å². The van der Waals surface area contributed by atoms with Crippen LogP contribution in [0.15, 0.2) is 84.3 Å². The van der Waals surface area contributed by atoms with E-state index in [0.29, 0.717) is 33.5 Å². The Bertz CT molecular complexity index is 2270. The van der Waals surface area contributed by atoms with Gasteiger partial charge in [0.1, 0.15) is 34.2 Å². The van der Waals surface area contributed by atoms with E-state index in [1.165, 1.54) is 13.4 Å². The molecular formula is C35H32ClF2N5O4S2. The minimum absolute atomic E-state index is 0.0123. The largest absolute Gasteiger partial charge is 0.497 e. The minimum Gasteiger partial charge on any atom is -0.497 e. The number of sulfonamides is 1. The van der Waals surface area contributed by atoms with E-state index in [0.717, 1.165) is 45.2 Å². The summed E-state index contributed by atoms with van der Waals surface area (Å²) in [6.45, 7) is 8.00. The highest BCUT2D eigenvalue weighted by molar-refractivity contribution is 7.93. The summed E-state index contributed by atoms with van der Waals surface area (Å²) < 4.78 is 77.5. The van der Waals surface area contributed by atoms with E-state index in [2.05, 4.69) is 35.1 Å². The molecule has 0 unspecified atom stereocenters. The zero-order chi connectivity index (χ0) is 35.1. The van der Waals surface area contributed by atoms with Crippen molar-refractivity contribution in [2.75, 3.05) is 11.4 Å². The van der Waals surface area contributed by atoms with Gasteiger partial charge < -0.3 is 13.9 Å². The number of aryl methyl sites for hydroxylation is 1. The summed E-state index contributed by atoms with van der Waals surface area (Å²) in [5, 5.41) is 0.390. The lowest BCUT2D eigenvalue weighted by atomic mass is 9.91. The van der Waals surface area contributed by atoms with Gasteiger partial charge in [-0.1, -0.05) is 38.4 Å². The Hall–Kier alpha value is -4.59. The lowest BCUT2D eigenvalue weighted by molar-refractivity contribution is 0.405. The van der Waals surface area contributed by atoms with E-state index in [4.69, 9.17) is 21.1 Å². The molecule has 0 aliphatic heterocycles. The highest BCUT2D eigenvalue weighted by Gasteiger charge is 2.32. The molecule has 9 nitrogen and oxygen atoms in total. The predicted octanol–water partition coefficient (Wildman–Crippen LogP) is 8.88. The van der Waals surface area contributed by atoms with Crippen LogP contribution in [0.25, 0.3) is 16.8 Å². The summed E-state index contributed by atoms with van der Waals surface area (Å²) in [5.74, 6) is -2.03. The van der Waals surface area contributed by atoms with Crippen LogP contribution in [0.2, 0.25) is 5.02 Å². The van der Waals surface area contributed by atoms with Crippen molar-refractivity contribution >= 4 is 43.9 Å². The molecule has 3 heterocycles. The molecule has 6 aromatic rings. The molecule has 0 spiro atoms. The summed E-state index contributed by atoms with van der Waals surface area (Å²) in [7, 11) is -3.15. The first kappa shape index (κ1) is 34.3. The summed E-state index contributed by atoms with van der Waals surface area (Å²) in [6, 6.07) is 14.9. The van der Waals surface area contributed by atoms with Gasteiger partial charge in [-0.2, -0.15) is 4.37 Å². The Balaban J connectivity index is 1.35. The Labute approximate surface area is 292 Å². The average molecular weight is 724 g/mol. The molecule has 0 N–H and O–H groups in total. The van der Waals surface area contributed by atoms with Gasteiger partial charge in [0.2, 0.25) is 5.13 Å². The van der Waals surface area contributed by atoms with Gasteiger partial charge >= 0.3 is 0 Å². The first-order valence-electron chi connectivity index (χ1n) is 15.1. The molecule has 3 aromatic heterocycles. The maximum atomic E-state index is 15.8. The van der Waals surface area contributed by atoms with Crippen molar-refractivity contribution < 1.29 is 26.7 Å². The second-order valence-corrected chi connectivity index (χ2v) is 15.6. The standard InChI is InChI=1S/C35H32ClF2N5O4S2/c1-21-12-26(46-5)9-6-22(21)19-43(34-40-20-41-48-34)49(44,45)32-15-28(37)31(14-29(32)38)47-30-10-8-24(36)13-27(30)23-7-11-33-39-17-25(42(33)18-23)16-35(2,3)4/h6-15,17-18,20H,16,19H2,1-5H3. The van der Waals surface area contributed by atoms with Gasteiger partial charge in [0.05, 0.1) is 13.7 Å². The number of nitrogens with zero attached hydrogens (tertiary/aromatic N) is 5. The fourth-order valence-electron chi connectivity index (χ4n) is 5.36. The van der Waals surface area contributed by atoms with Crippen molar-refractivity contribution in [3.8, 4) is 28.4 Å². The minimum atomic E-state index is -4.67. The smallest absolute Gasteiger partial charge is 0.269 e. The van der Waals surface area contributed by atoms with Gasteiger partial charge in [-0.25, -0.2) is 31.5 Å². The van der Waals surface area contributed by atoms with Crippen LogP contribution in [-0.2, 0) is 23.0 Å². The Kier molecular flexibility index (Phi) is 9.36. The van der Waals surface area contributed by atoms with Crippen molar-refractivity contribution in [2.45, 2.75) is 45.6 Å². The third-order valence-corrected chi connectivity index (χ3v) is 10.5. The number of hydrogen-bond donors (Lipinski definition) is 0. The van der Waals surface area contributed by atoms with Crippen LogP contribution in [-0.4, -0.2) is 34.3 Å². The fourth-order valence-corrected chi connectivity index (χ4v) is 7.73.